The number of hydrogen-bond donors (Lipinski definition) is 2. The van der Waals surface area contributed by atoms with Crippen LogP contribution in [0.5, 0.6) is 0 Å². The summed E-state index contributed by atoms with van der Waals surface area (Å²) in [6.45, 7) is 7.91. The number of nitrogens with one attached hydrogen (secondary N) is 1. The van der Waals surface area contributed by atoms with Crippen molar-refractivity contribution in [3.63, 3.8) is 0 Å². The molecule has 108 valence electrons. The maximum Gasteiger partial charge on any atom is 0.272 e. The van der Waals surface area contributed by atoms with Crippen LogP contribution in [-0.2, 0) is 0 Å². The summed E-state index contributed by atoms with van der Waals surface area (Å²) in [5.74, 6) is 0.395. The SMILES string of the molecule is CC(C)c1ncc(Cl)c(C(=O)NC(C)(C)CN)n1.Cl. The number of amides is 1. The lowest BCUT2D eigenvalue weighted by molar-refractivity contribution is 0.0910. The minimum Gasteiger partial charge on any atom is -0.345 e. The van der Waals surface area contributed by atoms with Crippen LogP contribution in [0.15, 0.2) is 6.20 Å². The number of nitrogens with two attached hydrogens (primary N) is 1. The third-order valence-corrected chi connectivity index (χ3v) is 2.73. The number of aromatic nitrogens is 2. The van der Waals surface area contributed by atoms with Gasteiger partial charge in [-0.15, -0.1) is 12.4 Å². The van der Waals surface area contributed by atoms with Crippen LogP contribution >= 0.6 is 24.0 Å². The molecule has 1 amide bonds. The number of hydrogen-bond acceptors (Lipinski definition) is 4. The van der Waals surface area contributed by atoms with Crippen LogP contribution in [0.3, 0.4) is 0 Å². The van der Waals surface area contributed by atoms with Crippen LogP contribution in [0.4, 0.5) is 0 Å². The van der Waals surface area contributed by atoms with E-state index in [9.17, 15) is 4.79 Å². The lowest BCUT2D eigenvalue weighted by Gasteiger charge is -2.24. The third-order valence-electron chi connectivity index (χ3n) is 2.46. The molecule has 0 aliphatic rings. The highest BCUT2D eigenvalue weighted by Crippen LogP contribution is 2.17. The van der Waals surface area contributed by atoms with Crippen molar-refractivity contribution in [2.75, 3.05) is 6.54 Å². The average molecular weight is 307 g/mol. The number of carbonyl (C=O) groups is 1. The fourth-order valence-corrected chi connectivity index (χ4v) is 1.41. The fraction of sp³-hybridized carbons (Fsp3) is 0.583. The fourth-order valence-electron chi connectivity index (χ4n) is 1.24. The molecule has 0 aliphatic heterocycles. The zero-order valence-electron chi connectivity index (χ0n) is 11.5. The van der Waals surface area contributed by atoms with Gasteiger partial charge in [0.15, 0.2) is 0 Å². The topological polar surface area (TPSA) is 80.9 Å². The summed E-state index contributed by atoms with van der Waals surface area (Å²) in [6.07, 6.45) is 1.45. The Morgan fingerprint density at radius 1 is 1.53 bits per heavy atom. The summed E-state index contributed by atoms with van der Waals surface area (Å²) in [6, 6.07) is 0. The molecule has 0 spiro atoms. The Morgan fingerprint density at radius 3 is 2.58 bits per heavy atom. The van der Waals surface area contributed by atoms with Gasteiger partial charge in [-0.1, -0.05) is 25.4 Å². The van der Waals surface area contributed by atoms with Crippen molar-refractivity contribution in [1.82, 2.24) is 15.3 Å². The molecule has 1 heterocycles. The Bertz CT molecular complexity index is 449. The maximum atomic E-state index is 12.1. The minimum atomic E-state index is -0.497. The standard InChI is InChI=1S/C12H19ClN4O.ClH/c1-7(2)10-15-5-8(13)9(16-10)11(18)17-12(3,4)6-14;/h5,7H,6,14H2,1-4H3,(H,17,18);1H. The first-order valence-electron chi connectivity index (χ1n) is 5.82. The van der Waals surface area contributed by atoms with E-state index in [4.69, 9.17) is 17.3 Å². The average Bonchev–Trinajstić information content (AvgIpc) is 2.28. The Balaban J connectivity index is 0.00000324. The van der Waals surface area contributed by atoms with Gasteiger partial charge in [0.05, 0.1) is 11.2 Å². The van der Waals surface area contributed by atoms with E-state index in [0.29, 0.717) is 12.4 Å². The number of rotatable bonds is 4. The van der Waals surface area contributed by atoms with Gasteiger partial charge in [0, 0.05) is 18.0 Å². The van der Waals surface area contributed by atoms with Crippen molar-refractivity contribution >= 4 is 29.9 Å². The molecule has 0 bridgehead atoms. The van der Waals surface area contributed by atoms with Crippen LogP contribution in [-0.4, -0.2) is 28.0 Å². The summed E-state index contributed by atoms with van der Waals surface area (Å²) in [4.78, 5) is 20.4. The van der Waals surface area contributed by atoms with Gasteiger partial charge >= 0.3 is 0 Å². The van der Waals surface area contributed by atoms with E-state index in [-0.39, 0.29) is 34.9 Å². The monoisotopic (exact) mass is 306 g/mol. The van der Waals surface area contributed by atoms with Crippen LogP contribution in [0.25, 0.3) is 0 Å². The first-order valence-corrected chi connectivity index (χ1v) is 6.19. The van der Waals surface area contributed by atoms with Gasteiger partial charge in [-0.2, -0.15) is 0 Å². The molecule has 0 saturated heterocycles. The van der Waals surface area contributed by atoms with Crippen LogP contribution in [0, 0.1) is 0 Å². The second-order valence-electron chi connectivity index (χ2n) is 5.12. The van der Waals surface area contributed by atoms with Crippen molar-refractivity contribution in [2.45, 2.75) is 39.2 Å². The van der Waals surface area contributed by atoms with Gasteiger partial charge in [0.25, 0.3) is 5.91 Å². The summed E-state index contributed by atoms with van der Waals surface area (Å²) >= 11 is 5.95. The molecule has 0 aliphatic carbocycles. The van der Waals surface area contributed by atoms with Gasteiger partial charge in [0.2, 0.25) is 0 Å². The second kappa shape index (κ2) is 7.03. The van der Waals surface area contributed by atoms with E-state index in [1.165, 1.54) is 6.20 Å². The maximum absolute atomic E-state index is 12.1. The molecule has 0 radical (unpaired) electrons. The minimum absolute atomic E-state index is 0. The van der Waals surface area contributed by atoms with Crippen LogP contribution in [0.2, 0.25) is 5.02 Å². The Hall–Kier alpha value is -0.910. The summed E-state index contributed by atoms with van der Waals surface area (Å²) < 4.78 is 0. The molecule has 19 heavy (non-hydrogen) atoms. The van der Waals surface area contributed by atoms with Crippen LogP contribution < -0.4 is 11.1 Å². The van der Waals surface area contributed by atoms with Crippen molar-refractivity contribution in [1.29, 1.82) is 0 Å². The first kappa shape index (κ1) is 18.1. The van der Waals surface area contributed by atoms with Gasteiger partial charge in [-0.05, 0) is 13.8 Å². The molecule has 0 aromatic carbocycles. The largest absolute Gasteiger partial charge is 0.345 e. The van der Waals surface area contributed by atoms with E-state index in [1.54, 1.807) is 0 Å². The molecule has 0 saturated carbocycles. The highest BCUT2D eigenvalue weighted by atomic mass is 35.5. The second-order valence-corrected chi connectivity index (χ2v) is 5.53. The zero-order valence-corrected chi connectivity index (χ0v) is 13.1. The number of halogens is 2. The molecule has 3 N–H and O–H groups in total. The predicted molar refractivity (Wildman–Crippen MR) is 79.0 cm³/mol. The molecule has 1 rings (SSSR count). The molecular formula is C12H20Cl2N4O. The Labute approximate surface area is 124 Å². The zero-order chi connectivity index (χ0) is 13.9. The molecule has 5 nitrogen and oxygen atoms in total. The Kier molecular flexibility index (Phi) is 6.69. The summed E-state index contributed by atoms with van der Waals surface area (Å²) in [7, 11) is 0. The normalized spacial score (nSPS) is 11.1. The van der Waals surface area contributed by atoms with Gasteiger partial charge in [0.1, 0.15) is 11.5 Å². The van der Waals surface area contributed by atoms with E-state index in [0.717, 1.165) is 0 Å². The van der Waals surface area contributed by atoms with Crippen molar-refractivity contribution in [2.24, 2.45) is 5.73 Å². The van der Waals surface area contributed by atoms with Gasteiger partial charge in [-0.3, -0.25) is 4.79 Å². The molecule has 1 aromatic rings. The first-order chi connectivity index (χ1) is 8.26. The summed E-state index contributed by atoms with van der Waals surface area (Å²) in [5.41, 5.74) is 5.26. The van der Waals surface area contributed by atoms with E-state index >= 15 is 0 Å². The lowest BCUT2D eigenvalue weighted by Crippen LogP contribution is -2.49. The molecular weight excluding hydrogens is 287 g/mol. The predicted octanol–water partition coefficient (Wildman–Crippen LogP) is 2.14. The van der Waals surface area contributed by atoms with Gasteiger partial charge < -0.3 is 11.1 Å². The van der Waals surface area contributed by atoms with Crippen molar-refractivity contribution < 1.29 is 4.79 Å². The Morgan fingerprint density at radius 2 is 2.11 bits per heavy atom. The molecule has 0 fully saturated rings. The summed E-state index contributed by atoms with van der Waals surface area (Å²) in [5, 5.41) is 3.03. The molecule has 0 unspecified atom stereocenters. The van der Waals surface area contributed by atoms with Crippen molar-refractivity contribution in [3.8, 4) is 0 Å². The molecule has 7 heteroatoms. The highest BCUT2D eigenvalue weighted by Gasteiger charge is 2.22. The number of nitrogens with zero attached hydrogens (tertiary/aromatic N) is 2. The molecule has 1 aromatic heterocycles. The highest BCUT2D eigenvalue weighted by molar-refractivity contribution is 6.33. The molecule has 0 atom stereocenters. The van der Waals surface area contributed by atoms with Gasteiger partial charge in [-0.25, -0.2) is 9.97 Å². The van der Waals surface area contributed by atoms with Crippen LogP contribution in [0.1, 0.15) is 49.9 Å². The lowest BCUT2D eigenvalue weighted by atomic mass is 10.1. The van der Waals surface area contributed by atoms with E-state index < -0.39 is 5.54 Å². The van der Waals surface area contributed by atoms with Crippen molar-refractivity contribution in [3.05, 3.63) is 22.7 Å². The number of carbonyl (C=O) groups excluding carboxylic acids is 1. The quantitative estimate of drug-likeness (QED) is 0.893. The smallest absolute Gasteiger partial charge is 0.272 e. The third kappa shape index (κ3) is 4.93. The van der Waals surface area contributed by atoms with E-state index in [1.807, 2.05) is 27.7 Å². The van der Waals surface area contributed by atoms with E-state index in [2.05, 4.69) is 15.3 Å².